The summed E-state index contributed by atoms with van der Waals surface area (Å²) in [7, 11) is 0. The number of hydrazine groups is 1. The van der Waals surface area contributed by atoms with Crippen molar-refractivity contribution in [2.75, 3.05) is 11.5 Å². The van der Waals surface area contributed by atoms with Crippen LogP contribution in [0.2, 0.25) is 0 Å². The Morgan fingerprint density at radius 2 is 1.36 bits per heavy atom. The van der Waals surface area contributed by atoms with Gasteiger partial charge in [0.2, 0.25) is 11.8 Å². The SMILES string of the molecule is Cc1ccc(SCC(=O)NNC(=O)CSc2cc(C)ccc2C)cc1. The molecule has 2 aromatic carbocycles. The van der Waals surface area contributed by atoms with Crippen molar-refractivity contribution in [1.29, 1.82) is 0 Å². The number of amides is 2. The second-order valence-corrected chi connectivity index (χ2v) is 7.82. The van der Waals surface area contributed by atoms with E-state index >= 15 is 0 Å². The Bertz CT molecular complexity index is 746. The van der Waals surface area contributed by atoms with Gasteiger partial charge in [-0.05, 0) is 44.5 Å². The average molecular weight is 375 g/mol. The van der Waals surface area contributed by atoms with Gasteiger partial charge in [0, 0.05) is 9.79 Å². The molecule has 0 aliphatic heterocycles. The number of rotatable bonds is 6. The van der Waals surface area contributed by atoms with Crippen molar-refractivity contribution in [2.24, 2.45) is 0 Å². The quantitative estimate of drug-likeness (QED) is 0.599. The minimum absolute atomic E-state index is 0.223. The lowest BCUT2D eigenvalue weighted by Crippen LogP contribution is -2.43. The highest BCUT2D eigenvalue weighted by Gasteiger charge is 2.07. The maximum Gasteiger partial charge on any atom is 0.248 e. The minimum atomic E-state index is -0.226. The van der Waals surface area contributed by atoms with Crippen LogP contribution in [0.4, 0.5) is 0 Å². The molecule has 4 nitrogen and oxygen atoms in total. The maximum absolute atomic E-state index is 11.9. The fraction of sp³-hybridized carbons (Fsp3) is 0.263. The van der Waals surface area contributed by atoms with Crippen molar-refractivity contribution >= 4 is 35.3 Å². The summed E-state index contributed by atoms with van der Waals surface area (Å²) in [5.74, 6) is 0.0682. The summed E-state index contributed by atoms with van der Waals surface area (Å²) >= 11 is 2.90. The fourth-order valence-corrected chi connectivity index (χ4v) is 3.62. The zero-order valence-electron chi connectivity index (χ0n) is 14.6. The number of carbonyl (C=O) groups is 2. The van der Waals surface area contributed by atoms with E-state index < -0.39 is 0 Å². The van der Waals surface area contributed by atoms with Gasteiger partial charge in [0.15, 0.2) is 0 Å². The molecule has 0 aliphatic carbocycles. The summed E-state index contributed by atoms with van der Waals surface area (Å²) in [6, 6.07) is 14.1. The van der Waals surface area contributed by atoms with Gasteiger partial charge >= 0.3 is 0 Å². The summed E-state index contributed by atoms with van der Waals surface area (Å²) in [5, 5.41) is 0. The van der Waals surface area contributed by atoms with E-state index in [0.29, 0.717) is 0 Å². The van der Waals surface area contributed by atoms with Gasteiger partial charge in [-0.2, -0.15) is 0 Å². The van der Waals surface area contributed by atoms with Gasteiger partial charge in [0.25, 0.3) is 0 Å². The predicted octanol–water partition coefficient (Wildman–Crippen LogP) is 3.64. The van der Waals surface area contributed by atoms with Gasteiger partial charge in [-0.1, -0.05) is 35.4 Å². The molecule has 132 valence electrons. The highest BCUT2D eigenvalue weighted by molar-refractivity contribution is 8.00. The Morgan fingerprint density at radius 3 is 2.00 bits per heavy atom. The summed E-state index contributed by atoms with van der Waals surface area (Å²) in [4.78, 5) is 25.8. The van der Waals surface area contributed by atoms with E-state index in [4.69, 9.17) is 0 Å². The van der Waals surface area contributed by atoms with Crippen LogP contribution in [0.3, 0.4) is 0 Å². The van der Waals surface area contributed by atoms with Gasteiger partial charge in [-0.25, -0.2) is 0 Å². The summed E-state index contributed by atoms with van der Waals surface area (Å²) in [6.07, 6.45) is 0. The van der Waals surface area contributed by atoms with Gasteiger partial charge in [0.1, 0.15) is 0 Å². The van der Waals surface area contributed by atoms with Crippen LogP contribution >= 0.6 is 23.5 Å². The molecule has 0 heterocycles. The lowest BCUT2D eigenvalue weighted by Gasteiger charge is -2.09. The van der Waals surface area contributed by atoms with Crippen molar-refractivity contribution in [3.63, 3.8) is 0 Å². The molecule has 2 aromatic rings. The van der Waals surface area contributed by atoms with Crippen LogP contribution < -0.4 is 10.9 Å². The number of hydrogen-bond donors (Lipinski definition) is 2. The molecular weight excluding hydrogens is 352 g/mol. The summed E-state index contributed by atoms with van der Waals surface area (Å²) in [6.45, 7) is 6.06. The van der Waals surface area contributed by atoms with Crippen LogP contribution in [0.5, 0.6) is 0 Å². The van der Waals surface area contributed by atoms with Crippen LogP contribution in [0.25, 0.3) is 0 Å². The molecule has 0 saturated carbocycles. The number of aryl methyl sites for hydroxylation is 3. The third kappa shape index (κ3) is 6.84. The molecule has 2 amide bonds. The van der Waals surface area contributed by atoms with E-state index in [1.54, 1.807) is 0 Å². The Balaban J connectivity index is 1.69. The Kier molecular flexibility index (Phi) is 7.40. The molecule has 2 rings (SSSR count). The zero-order valence-corrected chi connectivity index (χ0v) is 16.2. The molecular formula is C19H22N2O2S2. The second kappa shape index (κ2) is 9.53. The first-order valence-electron chi connectivity index (χ1n) is 7.91. The van der Waals surface area contributed by atoms with E-state index in [0.717, 1.165) is 20.9 Å². The molecule has 0 bridgehead atoms. The predicted molar refractivity (Wildman–Crippen MR) is 105 cm³/mol. The second-order valence-electron chi connectivity index (χ2n) is 5.76. The van der Waals surface area contributed by atoms with E-state index in [9.17, 15) is 9.59 Å². The number of nitrogens with one attached hydrogen (secondary N) is 2. The Morgan fingerprint density at radius 1 is 0.800 bits per heavy atom. The largest absolute Gasteiger partial charge is 0.272 e. The van der Waals surface area contributed by atoms with E-state index in [1.807, 2.05) is 57.2 Å². The number of thioether (sulfide) groups is 2. The lowest BCUT2D eigenvalue weighted by atomic mass is 10.2. The van der Waals surface area contributed by atoms with E-state index in [-0.39, 0.29) is 23.3 Å². The van der Waals surface area contributed by atoms with Crippen molar-refractivity contribution in [2.45, 2.75) is 30.6 Å². The molecule has 0 saturated heterocycles. The fourth-order valence-electron chi connectivity index (χ4n) is 2.00. The number of hydrogen-bond acceptors (Lipinski definition) is 4. The van der Waals surface area contributed by atoms with Crippen molar-refractivity contribution in [3.05, 3.63) is 59.2 Å². The standard InChI is InChI=1S/C19H22N2O2S2/c1-13-5-8-16(9-6-13)24-11-18(22)20-21-19(23)12-25-17-10-14(2)4-7-15(17)3/h4-10H,11-12H2,1-3H3,(H,20,22)(H,21,23). The third-order valence-corrected chi connectivity index (χ3v) is 5.60. The number of carbonyl (C=O) groups excluding carboxylic acids is 2. The first kappa shape index (κ1) is 19.4. The van der Waals surface area contributed by atoms with Crippen LogP contribution in [0.15, 0.2) is 52.3 Å². The summed E-state index contributed by atoms with van der Waals surface area (Å²) in [5.41, 5.74) is 8.40. The minimum Gasteiger partial charge on any atom is -0.272 e. The van der Waals surface area contributed by atoms with Gasteiger partial charge in [-0.3, -0.25) is 20.4 Å². The Labute approximate surface area is 157 Å². The van der Waals surface area contributed by atoms with Gasteiger partial charge in [0.05, 0.1) is 11.5 Å². The first-order valence-corrected chi connectivity index (χ1v) is 9.88. The monoisotopic (exact) mass is 374 g/mol. The Hall–Kier alpha value is -1.92. The molecule has 0 radical (unpaired) electrons. The van der Waals surface area contributed by atoms with Crippen molar-refractivity contribution < 1.29 is 9.59 Å². The average Bonchev–Trinajstić information content (AvgIpc) is 2.60. The van der Waals surface area contributed by atoms with E-state index in [2.05, 4.69) is 16.9 Å². The van der Waals surface area contributed by atoms with Crippen LogP contribution in [-0.4, -0.2) is 23.3 Å². The molecule has 25 heavy (non-hydrogen) atoms. The smallest absolute Gasteiger partial charge is 0.248 e. The zero-order chi connectivity index (χ0) is 18.2. The normalized spacial score (nSPS) is 10.4. The van der Waals surface area contributed by atoms with Crippen LogP contribution in [-0.2, 0) is 9.59 Å². The third-order valence-electron chi connectivity index (χ3n) is 3.43. The highest BCUT2D eigenvalue weighted by Crippen LogP contribution is 2.23. The van der Waals surface area contributed by atoms with Crippen molar-refractivity contribution in [1.82, 2.24) is 10.9 Å². The van der Waals surface area contributed by atoms with Gasteiger partial charge < -0.3 is 0 Å². The van der Waals surface area contributed by atoms with Crippen LogP contribution in [0.1, 0.15) is 16.7 Å². The molecule has 0 atom stereocenters. The number of benzene rings is 2. The molecule has 0 unspecified atom stereocenters. The van der Waals surface area contributed by atoms with E-state index in [1.165, 1.54) is 29.1 Å². The lowest BCUT2D eigenvalue weighted by molar-refractivity contribution is -0.126. The molecule has 6 heteroatoms. The van der Waals surface area contributed by atoms with Crippen molar-refractivity contribution in [3.8, 4) is 0 Å². The maximum atomic E-state index is 11.9. The van der Waals surface area contributed by atoms with Crippen LogP contribution in [0, 0.1) is 20.8 Å². The molecule has 0 spiro atoms. The molecule has 0 aromatic heterocycles. The van der Waals surface area contributed by atoms with Gasteiger partial charge in [-0.15, -0.1) is 23.5 Å². The summed E-state index contributed by atoms with van der Waals surface area (Å²) < 4.78 is 0. The first-order chi connectivity index (χ1) is 11.9. The molecule has 2 N–H and O–H groups in total. The molecule has 0 aliphatic rings. The topological polar surface area (TPSA) is 58.2 Å². The highest BCUT2D eigenvalue weighted by atomic mass is 32.2. The molecule has 0 fully saturated rings.